The van der Waals surface area contributed by atoms with E-state index in [1.165, 1.54) is 23.5 Å². The Labute approximate surface area is 117 Å². The highest BCUT2D eigenvalue weighted by Crippen LogP contribution is 2.39. The molecule has 0 aliphatic carbocycles. The molecule has 19 heavy (non-hydrogen) atoms. The summed E-state index contributed by atoms with van der Waals surface area (Å²) in [6.45, 7) is 3.93. The summed E-state index contributed by atoms with van der Waals surface area (Å²) in [4.78, 5) is 5.38. The summed E-state index contributed by atoms with van der Waals surface area (Å²) >= 11 is 7.42. The number of benzene rings is 1. The van der Waals surface area contributed by atoms with Crippen LogP contribution in [-0.4, -0.2) is 4.98 Å². The Balaban J connectivity index is 2.29. The standard InChI is InChI=1S/C13H10ClFN2OS/c1-5-6(2)19-12(16)10(5)13-17-9-4-7(15)3-8(14)11(9)18-13/h3-4H,16H2,1-2H3. The van der Waals surface area contributed by atoms with Gasteiger partial charge in [-0.2, -0.15) is 0 Å². The van der Waals surface area contributed by atoms with Gasteiger partial charge in [0.05, 0.1) is 15.6 Å². The minimum absolute atomic E-state index is 0.205. The summed E-state index contributed by atoms with van der Waals surface area (Å²) in [6, 6.07) is 2.49. The molecule has 0 aliphatic rings. The fourth-order valence-corrected chi connectivity index (χ4v) is 3.15. The minimum Gasteiger partial charge on any atom is -0.434 e. The molecule has 98 valence electrons. The Morgan fingerprint density at radius 2 is 2.11 bits per heavy atom. The molecule has 3 nitrogen and oxygen atoms in total. The van der Waals surface area contributed by atoms with Crippen LogP contribution in [0.15, 0.2) is 16.5 Å². The SMILES string of the molecule is Cc1sc(N)c(-c2nc3cc(F)cc(Cl)c3o2)c1C. The summed E-state index contributed by atoms with van der Waals surface area (Å²) < 4.78 is 18.9. The van der Waals surface area contributed by atoms with Crippen molar-refractivity contribution in [3.05, 3.63) is 33.4 Å². The number of nitrogen functional groups attached to an aromatic ring is 1. The van der Waals surface area contributed by atoms with E-state index in [2.05, 4.69) is 4.98 Å². The van der Waals surface area contributed by atoms with E-state index in [9.17, 15) is 4.39 Å². The van der Waals surface area contributed by atoms with Gasteiger partial charge in [0.1, 0.15) is 11.3 Å². The normalized spacial score (nSPS) is 11.4. The van der Waals surface area contributed by atoms with Gasteiger partial charge in [-0.05, 0) is 25.5 Å². The van der Waals surface area contributed by atoms with E-state index in [1.807, 2.05) is 13.8 Å². The van der Waals surface area contributed by atoms with Gasteiger partial charge in [-0.1, -0.05) is 11.6 Å². The Bertz CT molecular complexity index is 794. The van der Waals surface area contributed by atoms with Gasteiger partial charge >= 0.3 is 0 Å². The topological polar surface area (TPSA) is 52.0 Å². The molecule has 2 N–H and O–H groups in total. The zero-order valence-corrected chi connectivity index (χ0v) is 11.8. The Morgan fingerprint density at radius 1 is 1.37 bits per heavy atom. The first kappa shape index (κ1) is 12.4. The van der Waals surface area contributed by atoms with Gasteiger partial charge in [0.2, 0.25) is 5.89 Å². The van der Waals surface area contributed by atoms with Crippen molar-refractivity contribution in [2.75, 3.05) is 5.73 Å². The number of aromatic nitrogens is 1. The van der Waals surface area contributed by atoms with Gasteiger partial charge in [0.15, 0.2) is 5.58 Å². The Morgan fingerprint density at radius 3 is 2.74 bits per heavy atom. The summed E-state index contributed by atoms with van der Waals surface area (Å²) in [5, 5.41) is 0.843. The van der Waals surface area contributed by atoms with Crippen LogP contribution in [0, 0.1) is 19.7 Å². The molecule has 1 aromatic carbocycles. The van der Waals surface area contributed by atoms with Crippen molar-refractivity contribution in [2.24, 2.45) is 0 Å². The monoisotopic (exact) mass is 296 g/mol. The van der Waals surface area contributed by atoms with E-state index in [0.717, 1.165) is 16.0 Å². The highest BCUT2D eigenvalue weighted by Gasteiger charge is 2.19. The molecule has 0 atom stereocenters. The second kappa shape index (κ2) is 4.21. The number of anilines is 1. The number of rotatable bonds is 1. The molecule has 0 fully saturated rings. The first-order valence-electron chi connectivity index (χ1n) is 5.59. The Hall–Kier alpha value is -1.59. The molecule has 2 heterocycles. The Kier molecular flexibility index (Phi) is 2.76. The fourth-order valence-electron chi connectivity index (χ4n) is 1.99. The predicted molar refractivity (Wildman–Crippen MR) is 76.2 cm³/mol. The number of fused-ring (bicyclic) bond motifs is 1. The maximum Gasteiger partial charge on any atom is 0.230 e. The maximum absolute atomic E-state index is 13.3. The van der Waals surface area contributed by atoms with Gasteiger partial charge in [0.25, 0.3) is 0 Å². The van der Waals surface area contributed by atoms with Crippen LogP contribution in [0.1, 0.15) is 10.4 Å². The van der Waals surface area contributed by atoms with Crippen LogP contribution in [0.25, 0.3) is 22.6 Å². The van der Waals surface area contributed by atoms with Crippen molar-refractivity contribution in [2.45, 2.75) is 13.8 Å². The van der Waals surface area contributed by atoms with Gasteiger partial charge < -0.3 is 10.2 Å². The molecule has 3 rings (SSSR count). The molecule has 0 aliphatic heterocycles. The number of halogens is 2. The van der Waals surface area contributed by atoms with Crippen molar-refractivity contribution in [3.63, 3.8) is 0 Å². The highest BCUT2D eigenvalue weighted by atomic mass is 35.5. The van der Waals surface area contributed by atoms with Crippen LogP contribution >= 0.6 is 22.9 Å². The third-order valence-corrected chi connectivity index (χ3v) is 4.35. The molecule has 0 saturated heterocycles. The second-order valence-electron chi connectivity index (χ2n) is 4.28. The van der Waals surface area contributed by atoms with E-state index in [1.54, 1.807) is 0 Å². The number of hydrogen-bond acceptors (Lipinski definition) is 4. The van der Waals surface area contributed by atoms with E-state index in [4.69, 9.17) is 21.8 Å². The number of nitrogens with two attached hydrogens (primary N) is 1. The first-order chi connectivity index (χ1) is 8.97. The molecule has 0 bridgehead atoms. The second-order valence-corrected chi connectivity index (χ2v) is 5.94. The highest BCUT2D eigenvalue weighted by molar-refractivity contribution is 7.16. The number of nitrogens with zero attached hydrogens (tertiary/aromatic N) is 1. The van der Waals surface area contributed by atoms with Crippen LogP contribution in [0.4, 0.5) is 9.39 Å². The van der Waals surface area contributed by atoms with E-state index < -0.39 is 5.82 Å². The smallest absolute Gasteiger partial charge is 0.230 e. The lowest BCUT2D eigenvalue weighted by atomic mass is 10.1. The largest absolute Gasteiger partial charge is 0.434 e. The van der Waals surface area contributed by atoms with Crippen LogP contribution in [0.3, 0.4) is 0 Å². The summed E-state index contributed by atoms with van der Waals surface area (Å²) in [7, 11) is 0. The molecule has 0 saturated carbocycles. The van der Waals surface area contributed by atoms with Gasteiger partial charge in [-0.15, -0.1) is 11.3 Å². The summed E-state index contributed by atoms with van der Waals surface area (Å²) in [5.41, 5.74) is 8.52. The zero-order chi connectivity index (χ0) is 13.7. The zero-order valence-electron chi connectivity index (χ0n) is 10.3. The first-order valence-corrected chi connectivity index (χ1v) is 6.78. The lowest BCUT2D eigenvalue weighted by molar-refractivity contribution is 0.614. The van der Waals surface area contributed by atoms with Crippen LogP contribution in [0.5, 0.6) is 0 Å². The van der Waals surface area contributed by atoms with Gasteiger partial charge in [-0.25, -0.2) is 9.37 Å². The van der Waals surface area contributed by atoms with Crippen LogP contribution in [0.2, 0.25) is 5.02 Å². The molecular weight excluding hydrogens is 287 g/mol. The van der Waals surface area contributed by atoms with E-state index >= 15 is 0 Å². The van der Waals surface area contributed by atoms with Gasteiger partial charge in [0, 0.05) is 10.9 Å². The average Bonchev–Trinajstić information content (AvgIpc) is 2.81. The molecule has 0 radical (unpaired) electrons. The van der Waals surface area contributed by atoms with Crippen molar-refractivity contribution in [1.82, 2.24) is 4.98 Å². The van der Waals surface area contributed by atoms with E-state index in [0.29, 0.717) is 22.0 Å². The van der Waals surface area contributed by atoms with Crippen molar-refractivity contribution in [3.8, 4) is 11.5 Å². The van der Waals surface area contributed by atoms with Crippen LogP contribution < -0.4 is 5.73 Å². The molecule has 6 heteroatoms. The molecular formula is C13H10ClFN2OS. The molecule has 2 aromatic heterocycles. The predicted octanol–water partition coefficient (Wildman–Crippen LogP) is 4.55. The number of aryl methyl sites for hydroxylation is 1. The lowest BCUT2D eigenvalue weighted by Crippen LogP contribution is -1.85. The average molecular weight is 297 g/mol. The summed E-state index contributed by atoms with van der Waals surface area (Å²) in [5.74, 6) is -0.0645. The molecule has 0 unspecified atom stereocenters. The number of oxazole rings is 1. The quantitative estimate of drug-likeness (QED) is 0.717. The number of hydrogen-bond donors (Lipinski definition) is 1. The maximum atomic E-state index is 13.3. The third-order valence-electron chi connectivity index (χ3n) is 3.04. The van der Waals surface area contributed by atoms with Gasteiger partial charge in [-0.3, -0.25) is 0 Å². The number of thiophene rings is 1. The fraction of sp³-hybridized carbons (Fsp3) is 0.154. The molecule has 3 aromatic rings. The molecule has 0 spiro atoms. The van der Waals surface area contributed by atoms with E-state index in [-0.39, 0.29) is 5.02 Å². The van der Waals surface area contributed by atoms with Crippen molar-refractivity contribution < 1.29 is 8.81 Å². The molecule has 0 amide bonds. The van der Waals surface area contributed by atoms with Crippen molar-refractivity contribution >= 4 is 39.0 Å². The minimum atomic E-state index is -0.441. The lowest BCUT2D eigenvalue weighted by Gasteiger charge is -1.95. The summed E-state index contributed by atoms with van der Waals surface area (Å²) in [6.07, 6.45) is 0. The van der Waals surface area contributed by atoms with Crippen molar-refractivity contribution in [1.29, 1.82) is 0 Å². The van der Waals surface area contributed by atoms with Crippen LogP contribution in [-0.2, 0) is 0 Å². The third kappa shape index (κ3) is 1.89.